The van der Waals surface area contributed by atoms with Crippen molar-refractivity contribution in [1.29, 1.82) is 0 Å². The minimum atomic E-state index is -3.57. The molecular formula is C38H55Cl5N4O10P2. The second-order valence-corrected chi connectivity index (χ2v) is 20.7. The molecule has 0 aliphatic carbocycles. The van der Waals surface area contributed by atoms with Gasteiger partial charge >= 0.3 is 24.8 Å². The molecule has 0 saturated carbocycles. The smallest absolute Gasteiger partial charge is 0.411 e. The third kappa shape index (κ3) is 25.6. The average molecular weight is 967 g/mol. The lowest BCUT2D eigenvalue weighted by Gasteiger charge is -2.25. The first-order valence-electron chi connectivity index (χ1n) is 18.4. The topological polar surface area (TPSA) is 181 Å². The Morgan fingerprint density at radius 1 is 0.712 bits per heavy atom. The van der Waals surface area contributed by atoms with Crippen LogP contribution in [-0.2, 0) is 50.6 Å². The maximum Gasteiger partial charge on any atom is 0.411 e. The van der Waals surface area contributed by atoms with Gasteiger partial charge in [-0.3, -0.25) is 14.2 Å². The standard InChI is InChI=1S/C19H27Cl2N2O5P.C14H17NO4.C5H11Cl3NOP/c1-4-11-23(12-10-20)29(21,26)28-17-8-6-16(7-9-17)14-18(22-15(3)24)19(25)27-13-5-2;1-3-8-19-14(18)13(15-10(2)16)9-11-4-6-12(17)7-5-11;1-2-4-9(5-3-6)11(7,8)10/h5-9,18H,2,4,10-14H2,1,3H3,(H,22,24);3-7,13,17H,1,8-9H2,2H3,(H,15,16);2-5H2,1H3. The van der Waals surface area contributed by atoms with E-state index < -0.39 is 36.9 Å². The number of nitrogens with one attached hydrogen (secondary N) is 2. The van der Waals surface area contributed by atoms with Crippen LogP contribution in [0.5, 0.6) is 11.5 Å². The summed E-state index contributed by atoms with van der Waals surface area (Å²) in [5.74, 6) is -3.68. The Morgan fingerprint density at radius 2 is 1.10 bits per heavy atom. The molecule has 0 fully saturated rings. The quantitative estimate of drug-likeness (QED) is 0.0394. The third-order valence-electron chi connectivity index (χ3n) is 7.28. The predicted molar refractivity (Wildman–Crippen MR) is 238 cm³/mol. The van der Waals surface area contributed by atoms with Crippen LogP contribution in [0.2, 0.25) is 0 Å². The van der Waals surface area contributed by atoms with E-state index in [4.69, 9.17) is 70.9 Å². The number of nitrogens with zero attached hydrogens (tertiary/aromatic N) is 2. The minimum absolute atomic E-state index is 0.0588. The normalized spacial score (nSPS) is 12.9. The summed E-state index contributed by atoms with van der Waals surface area (Å²) >= 11 is 28.3. The summed E-state index contributed by atoms with van der Waals surface area (Å²) in [6.45, 7) is 12.0. The van der Waals surface area contributed by atoms with Gasteiger partial charge in [0.25, 0.3) is 0 Å². The number of halogens is 5. The van der Waals surface area contributed by atoms with Gasteiger partial charge in [-0.1, -0.05) is 63.4 Å². The molecule has 59 heavy (non-hydrogen) atoms. The summed E-state index contributed by atoms with van der Waals surface area (Å²) in [7, 11) is 0. The highest BCUT2D eigenvalue weighted by Gasteiger charge is 2.30. The molecule has 2 amide bonds. The molecule has 14 nitrogen and oxygen atoms in total. The Labute approximate surface area is 372 Å². The Balaban J connectivity index is 0.000000957. The molecule has 332 valence electrons. The van der Waals surface area contributed by atoms with E-state index in [0.717, 1.165) is 24.0 Å². The highest BCUT2D eigenvalue weighted by Crippen LogP contribution is 2.59. The number of esters is 2. The molecule has 21 heteroatoms. The van der Waals surface area contributed by atoms with Crippen LogP contribution in [-0.4, -0.2) is 101 Å². The molecule has 2 rings (SSSR count). The maximum absolute atomic E-state index is 12.7. The van der Waals surface area contributed by atoms with Crippen molar-refractivity contribution in [2.24, 2.45) is 0 Å². The fourth-order valence-electron chi connectivity index (χ4n) is 4.74. The SMILES string of the molecule is C=CCOC(=O)C(Cc1ccc(O)cc1)NC(C)=O.C=CCOC(=O)C(Cc1ccc(OP(=O)(Cl)N(CCC)CCCl)cc1)NC(C)=O.CCCN(CCCl)P(=O)(Cl)Cl. The lowest BCUT2D eigenvalue weighted by atomic mass is 10.1. The van der Waals surface area contributed by atoms with E-state index in [0.29, 0.717) is 44.2 Å². The van der Waals surface area contributed by atoms with Gasteiger partial charge in [-0.2, -0.15) is 0 Å². The molecule has 0 bridgehead atoms. The van der Waals surface area contributed by atoms with Gasteiger partial charge in [0.15, 0.2) is 0 Å². The van der Waals surface area contributed by atoms with Gasteiger partial charge in [0.1, 0.15) is 36.8 Å². The number of ether oxygens (including phenoxy) is 2. The molecule has 0 heterocycles. The molecule has 0 aliphatic rings. The van der Waals surface area contributed by atoms with Crippen LogP contribution in [0.25, 0.3) is 0 Å². The van der Waals surface area contributed by atoms with Gasteiger partial charge in [-0.25, -0.2) is 23.5 Å². The van der Waals surface area contributed by atoms with E-state index in [1.165, 1.54) is 47.5 Å². The first-order chi connectivity index (χ1) is 27.8. The first-order valence-corrected chi connectivity index (χ1v) is 25.4. The van der Waals surface area contributed by atoms with E-state index in [2.05, 4.69) is 23.8 Å². The van der Waals surface area contributed by atoms with Crippen molar-refractivity contribution in [2.45, 2.75) is 65.5 Å². The van der Waals surface area contributed by atoms with E-state index >= 15 is 0 Å². The van der Waals surface area contributed by atoms with Crippen molar-refractivity contribution in [1.82, 2.24) is 20.0 Å². The fourth-order valence-corrected chi connectivity index (χ4v) is 9.03. The van der Waals surface area contributed by atoms with E-state index in [-0.39, 0.29) is 43.1 Å². The van der Waals surface area contributed by atoms with Gasteiger partial charge in [0, 0.05) is 75.9 Å². The van der Waals surface area contributed by atoms with Crippen molar-refractivity contribution in [2.75, 3.05) is 51.2 Å². The molecule has 0 spiro atoms. The predicted octanol–water partition coefficient (Wildman–Crippen LogP) is 8.83. The number of phenolic OH excluding ortho intramolecular Hbond substituents is 1. The summed E-state index contributed by atoms with van der Waals surface area (Å²) in [6, 6.07) is 11.5. The molecule has 3 unspecified atom stereocenters. The van der Waals surface area contributed by atoms with Crippen molar-refractivity contribution in [3.63, 3.8) is 0 Å². The van der Waals surface area contributed by atoms with Crippen LogP contribution >= 0.6 is 69.8 Å². The summed E-state index contributed by atoms with van der Waals surface area (Å²) in [6.07, 6.45) is 5.05. The number of carbonyl (C=O) groups is 4. The number of hydrogen-bond donors (Lipinski definition) is 3. The summed E-state index contributed by atoms with van der Waals surface area (Å²) in [5, 5.41) is 14.3. The Bertz CT molecular complexity index is 1680. The molecule has 3 N–H and O–H groups in total. The first kappa shape index (κ1) is 56.2. The number of aromatic hydroxyl groups is 1. The number of benzene rings is 2. The second kappa shape index (κ2) is 31.1. The highest BCUT2D eigenvalue weighted by molar-refractivity contribution is 8.06. The third-order valence-corrected chi connectivity index (χ3v) is 12.3. The van der Waals surface area contributed by atoms with Crippen molar-refractivity contribution in [3.05, 3.63) is 85.0 Å². The van der Waals surface area contributed by atoms with Gasteiger partial charge in [-0.05, 0) is 70.7 Å². The molecule has 0 saturated heterocycles. The molecule has 3 atom stereocenters. The minimum Gasteiger partial charge on any atom is -0.508 e. The number of alkyl halides is 2. The largest absolute Gasteiger partial charge is 0.508 e. The van der Waals surface area contributed by atoms with E-state index in [1.807, 2.05) is 13.8 Å². The van der Waals surface area contributed by atoms with Crippen LogP contribution in [0.1, 0.15) is 51.7 Å². The van der Waals surface area contributed by atoms with Crippen molar-refractivity contribution in [3.8, 4) is 11.5 Å². The van der Waals surface area contributed by atoms with Gasteiger partial charge in [0.2, 0.25) is 11.8 Å². The van der Waals surface area contributed by atoms with Crippen LogP contribution in [0, 0.1) is 0 Å². The summed E-state index contributed by atoms with van der Waals surface area (Å²) < 4.78 is 42.3. The lowest BCUT2D eigenvalue weighted by Crippen LogP contribution is -2.42. The molecule has 0 aromatic heterocycles. The zero-order valence-electron chi connectivity index (χ0n) is 33.6. The fraction of sp³-hybridized carbons (Fsp3) is 0.474. The zero-order valence-corrected chi connectivity index (χ0v) is 39.2. The van der Waals surface area contributed by atoms with Crippen LogP contribution in [0.4, 0.5) is 0 Å². The second-order valence-electron chi connectivity index (χ2n) is 12.3. The number of carbonyl (C=O) groups excluding carboxylic acids is 4. The lowest BCUT2D eigenvalue weighted by molar-refractivity contribution is -0.146. The molecule has 2 aromatic carbocycles. The molecule has 2 aromatic rings. The Hall–Kier alpha value is -2.77. The average Bonchev–Trinajstić information content (AvgIpc) is 3.16. The van der Waals surface area contributed by atoms with Gasteiger partial charge in [0.05, 0.1) is 0 Å². The monoisotopic (exact) mass is 964 g/mol. The number of rotatable bonds is 24. The molecular weight excluding hydrogens is 912 g/mol. The van der Waals surface area contributed by atoms with E-state index in [9.17, 15) is 33.4 Å². The Morgan fingerprint density at radius 3 is 1.46 bits per heavy atom. The van der Waals surface area contributed by atoms with Crippen molar-refractivity contribution >= 4 is 93.5 Å². The highest BCUT2D eigenvalue weighted by atomic mass is 35.9. The number of amides is 2. The van der Waals surface area contributed by atoms with Crippen LogP contribution in [0.15, 0.2) is 73.8 Å². The van der Waals surface area contributed by atoms with Crippen LogP contribution in [0.3, 0.4) is 0 Å². The zero-order chi connectivity index (χ0) is 45.0. The summed E-state index contributed by atoms with van der Waals surface area (Å²) in [5.41, 5.74) is 1.56. The Kier molecular flexibility index (Phi) is 29.7. The molecule has 0 aliphatic heterocycles. The van der Waals surface area contributed by atoms with Crippen LogP contribution < -0.4 is 15.2 Å². The number of phenols is 1. The molecule has 0 radical (unpaired) electrons. The number of hydrogen-bond acceptors (Lipinski definition) is 10. The maximum atomic E-state index is 12.7. The van der Waals surface area contributed by atoms with Gasteiger partial charge in [-0.15, -0.1) is 23.2 Å². The van der Waals surface area contributed by atoms with Gasteiger partial charge < -0.3 is 29.7 Å². The summed E-state index contributed by atoms with van der Waals surface area (Å²) in [4.78, 5) is 46.4. The van der Waals surface area contributed by atoms with E-state index in [1.54, 1.807) is 36.4 Å². The van der Waals surface area contributed by atoms with Crippen molar-refractivity contribution < 1.29 is 47.4 Å².